The Morgan fingerprint density at radius 1 is 1.75 bits per heavy atom. The van der Waals surface area contributed by atoms with Gasteiger partial charge in [-0.25, -0.2) is 0 Å². The SMILES string of the molecule is C=C(C#N)CCCCl. The van der Waals surface area contributed by atoms with Crippen LogP contribution >= 0.6 is 11.6 Å². The largest absolute Gasteiger partial charge is 0.193 e. The maximum Gasteiger partial charge on any atom is 0.0940 e. The van der Waals surface area contributed by atoms with E-state index in [1.807, 2.05) is 6.07 Å². The van der Waals surface area contributed by atoms with Crippen LogP contribution in [0.5, 0.6) is 0 Å². The molecule has 0 rings (SSSR count). The molecule has 0 aliphatic rings. The number of hydrogen-bond donors (Lipinski definition) is 0. The van der Waals surface area contributed by atoms with Gasteiger partial charge < -0.3 is 0 Å². The summed E-state index contributed by atoms with van der Waals surface area (Å²) in [5, 5.41) is 8.17. The lowest BCUT2D eigenvalue weighted by molar-refractivity contribution is 0.940. The van der Waals surface area contributed by atoms with E-state index in [2.05, 4.69) is 6.58 Å². The van der Waals surface area contributed by atoms with Crippen molar-refractivity contribution in [1.82, 2.24) is 0 Å². The van der Waals surface area contributed by atoms with E-state index in [1.54, 1.807) is 0 Å². The summed E-state index contributed by atoms with van der Waals surface area (Å²) in [5.41, 5.74) is 0.616. The Morgan fingerprint density at radius 2 is 2.38 bits per heavy atom. The normalized spacial score (nSPS) is 8.00. The molecule has 0 radical (unpaired) electrons. The molecule has 0 saturated carbocycles. The van der Waals surface area contributed by atoms with Crippen LogP contribution in [0.3, 0.4) is 0 Å². The lowest BCUT2D eigenvalue weighted by Gasteiger charge is -1.88. The first-order valence-corrected chi connectivity index (χ1v) is 2.98. The van der Waals surface area contributed by atoms with Crippen molar-refractivity contribution >= 4 is 11.6 Å². The Bertz CT molecular complexity index is 112. The second kappa shape index (κ2) is 4.67. The van der Waals surface area contributed by atoms with E-state index < -0.39 is 0 Å². The van der Waals surface area contributed by atoms with Crippen LogP contribution in [0.2, 0.25) is 0 Å². The number of hydrogen-bond acceptors (Lipinski definition) is 1. The Morgan fingerprint density at radius 3 is 2.75 bits per heavy atom. The molecule has 0 unspecified atom stereocenters. The number of nitrogens with zero attached hydrogens (tertiary/aromatic N) is 1. The molecule has 0 fully saturated rings. The van der Waals surface area contributed by atoms with Gasteiger partial charge in [-0.3, -0.25) is 0 Å². The van der Waals surface area contributed by atoms with Gasteiger partial charge in [0.25, 0.3) is 0 Å². The van der Waals surface area contributed by atoms with Gasteiger partial charge in [-0.2, -0.15) is 5.26 Å². The summed E-state index contributed by atoms with van der Waals surface area (Å²) < 4.78 is 0. The molecule has 0 saturated heterocycles. The smallest absolute Gasteiger partial charge is 0.0940 e. The number of alkyl halides is 1. The zero-order valence-corrected chi connectivity index (χ0v) is 5.41. The van der Waals surface area contributed by atoms with Crippen LogP contribution in [-0.4, -0.2) is 5.88 Å². The summed E-state index contributed by atoms with van der Waals surface area (Å²) in [7, 11) is 0. The fourth-order valence-electron chi connectivity index (χ4n) is 0.336. The molecule has 0 aliphatic carbocycles. The van der Waals surface area contributed by atoms with E-state index in [0.29, 0.717) is 11.5 Å². The van der Waals surface area contributed by atoms with E-state index >= 15 is 0 Å². The maximum atomic E-state index is 8.17. The summed E-state index contributed by atoms with van der Waals surface area (Å²) >= 11 is 5.35. The molecule has 44 valence electrons. The highest BCUT2D eigenvalue weighted by Crippen LogP contribution is 2.00. The maximum absolute atomic E-state index is 8.17. The van der Waals surface area contributed by atoms with E-state index in [9.17, 15) is 0 Å². The molecule has 1 nitrogen and oxygen atoms in total. The number of rotatable bonds is 3. The molecule has 0 aromatic heterocycles. The molecular formula is C6H8ClN. The molecule has 8 heavy (non-hydrogen) atoms. The molecule has 0 aromatic rings. The Balaban J connectivity index is 3.16. The van der Waals surface area contributed by atoms with Crippen LogP contribution < -0.4 is 0 Å². The predicted molar refractivity (Wildman–Crippen MR) is 34.7 cm³/mol. The Kier molecular flexibility index (Phi) is 4.39. The van der Waals surface area contributed by atoms with Gasteiger partial charge in [-0.15, -0.1) is 11.6 Å². The van der Waals surface area contributed by atoms with Crippen LogP contribution in [0.15, 0.2) is 12.2 Å². The van der Waals surface area contributed by atoms with Crippen molar-refractivity contribution in [3.8, 4) is 6.07 Å². The molecule has 0 bridgehead atoms. The Hall–Kier alpha value is -0.480. The van der Waals surface area contributed by atoms with Crippen LogP contribution in [0.25, 0.3) is 0 Å². The second-order valence-corrected chi connectivity index (χ2v) is 1.89. The predicted octanol–water partition coefficient (Wildman–Crippen LogP) is 2.09. The second-order valence-electron chi connectivity index (χ2n) is 1.51. The van der Waals surface area contributed by atoms with Gasteiger partial charge in [-0.1, -0.05) is 6.58 Å². The average molecular weight is 130 g/mol. The average Bonchev–Trinajstić information content (AvgIpc) is 1.83. The van der Waals surface area contributed by atoms with Crippen molar-refractivity contribution in [3.05, 3.63) is 12.2 Å². The first-order chi connectivity index (χ1) is 3.81. The molecule has 0 heterocycles. The van der Waals surface area contributed by atoms with Gasteiger partial charge in [0, 0.05) is 11.5 Å². The molecule has 2 heteroatoms. The first-order valence-electron chi connectivity index (χ1n) is 2.45. The third-order valence-electron chi connectivity index (χ3n) is 0.770. The highest BCUT2D eigenvalue weighted by atomic mass is 35.5. The van der Waals surface area contributed by atoms with E-state index in [0.717, 1.165) is 12.8 Å². The lowest BCUT2D eigenvalue weighted by atomic mass is 10.2. The van der Waals surface area contributed by atoms with E-state index in [-0.39, 0.29) is 0 Å². The number of nitriles is 1. The summed E-state index contributed by atoms with van der Waals surface area (Å²) in [6, 6.07) is 1.95. The quantitative estimate of drug-likeness (QED) is 0.423. The van der Waals surface area contributed by atoms with Crippen LogP contribution in [0.4, 0.5) is 0 Å². The fraction of sp³-hybridized carbons (Fsp3) is 0.500. The molecule has 0 N–H and O–H groups in total. The zero-order valence-electron chi connectivity index (χ0n) is 4.65. The van der Waals surface area contributed by atoms with Crippen molar-refractivity contribution < 1.29 is 0 Å². The minimum absolute atomic E-state index is 0.612. The zero-order chi connectivity index (χ0) is 6.41. The summed E-state index contributed by atoms with van der Waals surface area (Å²) in [6.07, 6.45) is 1.59. The van der Waals surface area contributed by atoms with Gasteiger partial charge in [0.1, 0.15) is 0 Å². The van der Waals surface area contributed by atoms with Crippen LogP contribution in [0.1, 0.15) is 12.8 Å². The minimum atomic E-state index is 0.612. The van der Waals surface area contributed by atoms with Gasteiger partial charge >= 0.3 is 0 Å². The van der Waals surface area contributed by atoms with Gasteiger partial charge in [0.15, 0.2) is 0 Å². The molecule has 0 aliphatic heterocycles. The molecule has 0 atom stereocenters. The van der Waals surface area contributed by atoms with Crippen LogP contribution in [-0.2, 0) is 0 Å². The summed E-state index contributed by atoms with van der Waals surface area (Å²) in [4.78, 5) is 0. The van der Waals surface area contributed by atoms with Crippen molar-refractivity contribution in [3.63, 3.8) is 0 Å². The number of allylic oxidation sites excluding steroid dienone is 1. The topological polar surface area (TPSA) is 23.8 Å². The molecule has 0 aromatic carbocycles. The van der Waals surface area contributed by atoms with Crippen molar-refractivity contribution in [2.24, 2.45) is 0 Å². The molecule has 0 spiro atoms. The van der Waals surface area contributed by atoms with Gasteiger partial charge in [-0.05, 0) is 12.8 Å². The summed E-state index contributed by atoms with van der Waals surface area (Å²) in [5.74, 6) is 0.612. The van der Waals surface area contributed by atoms with Crippen molar-refractivity contribution in [2.75, 3.05) is 5.88 Å². The molecular weight excluding hydrogens is 122 g/mol. The Labute approximate surface area is 54.6 Å². The van der Waals surface area contributed by atoms with E-state index in [1.165, 1.54) is 0 Å². The monoisotopic (exact) mass is 129 g/mol. The van der Waals surface area contributed by atoms with Crippen molar-refractivity contribution in [2.45, 2.75) is 12.8 Å². The lowest BCUT2D eigenvalue weighted by Crippen LogP contribution is -1.77. The molecule has 0 amide bonds. The van der Waals surface area contributed by atoms with Gasteiger partial charge in [0.2, 0.25) is 0 Å². The van der Waals surface area contributed by atoms with Gasteiger partial charge in [0.05, 0.1) is 6.07 Å². The first kappa shape index (κ1) is 7.52. The highest BCUT2D eigenvalue weighted by molar-refractivity contribution is 6.17. The third-order valence-corrected chi connectivity index (χ3v) is 1.04. The van der Waals surface area contributed by atoms with E-state index in [4.69, 9.17) is 16.9 Å². The number of halogens is 1. The summed E-state index contributed by atoms with van der Waals surface area (Å²) in [6.45, 7) is 3.49. The third kappa shape index (κ3) is 3.70. The van der Waals surface area contributed by atoms with Crippen molar-refractivity contribution in [1.29, 1.82) is 5.26 Å². The van der Waals surface area contributed by atoms with Crippen LogP contribution in [0, 0.1) is 11.3 Å². The fourth-order valence-corrected chi connectivity index (χ4v) is 0.470. The highest BCUT2D eigenvalue weighted by Gasteiger charge is 1.87. The minimum Gasteiger partial charge on any atom is -0.193 e. The standard InChI is InChI=1S/C6H8ClN/c1-6(5-8)3-2-4-7/h1-4H2.